The Morgan fingerprint density at radius 1 is 1.12 bits per heavy atom. The number of hydrogen-bond acceptors (Lipinski definition) is 6. The first kappa shape index (κ1) is 24.0. The minimum Gasteiger partial charge on any atom is -0.492 e. The van der Waals surface area contributed by atoms with Crippen molar-refractivity contribution in [2.45, 2.75) is 13.8 Å². The first-order valence-corrected chi connectivity index (χ1v) is 11.8. The van der Waals surface area contributed by atoms with Crippen molar-refractivity contribution in [2.24, 2.45) is 0 Å². The van der Waals surface area contributed by atoms with Gasteiger partial charge in [0, 0.05) is 41.9 Å². The molecule has 4 rings (SSSR count). The monoisotopic (exact) mass is 484 g/mol. The number of rotatable bonds is 8. The minimum atomic E-state index is -0.277. The number of hydrogen-bond donors (Lipinski definition) is 1. The third kappa shape index (κ3) is 5.85. The first-order valence-electron chi connectivity index (χ1n) is 11.5. The molecule has 0 spiro atoms. The van der Waals surface area contributed by atoms with Crippen LogP contribution in [-0.2, 0) is 9.53 Å². The lowest BCUT2D eigenvalue weighted by molar-refractivity contribution is -0.111. The summed E-state index contributed by atoms with van der Waals surface area (Å²) in [6.45, 7) is 8.08. The zero-order valence-electron chi connectivity index (χ0n) is 19.4. The molecule has 0 saturated carbocycles. The molecule has 1 amide bonds. The molecule has 1 N–H and O–H groups in total. The molecule has 0 aliphatic carbocycles. The van der Waals surface area contributed by atoms with E-state index in [1.807, 2.05) is 44.2 Å². The second-order valence-electron chi connectivity index (χ2n) is 7.79. The molecule has 180 valence electrons. The number of nitrogens with zero attached hydrogens (tertiary/aromatic N) is 1. The summed E-state index contributed by atoms with van der Waals surface area (Å²) in [6, 6.07) is 9.22. The highest BCUT2D eigenvalue weighted by atomic mass is 35.5. The molecule has 2 aromatic rings. The van der Waals surface area contributed by atoms with E-state index in [0.717, 1.165) is 35.7 Å². The van der Waals surface area contributed by atoms with Crippen LogP contribution in [0.1, 0.15) is 19.4 Å². The summed E-state index contributed by atoms with van der Waals surface area (Å²) in [5, 5.41) is 3.56. The van der Waals surface area contributed by atoms with Gasteiger partial charge in [-0.3, -0.25) is 4.79 Å². The van der Waals surface area contributed by atoms with Gasteiger partial charge in [-0.1, -0.05) is 17.7 Å². The molecule has 7 nitrogen and oxygen atoms in total. The van der Waals surface area contributed by atoms with Gasteiger partial charge in [-0.25, -0.2) is 0 Å². The highest BCUT2D eigenvalue weighted by Crippen LogP contribution is 2.39. The zero-order valence-corrected chi connectivity index (χ0v) is 20.2. The van der Waals surface area contributed by atoms with E-state index in [1.54, 1.807) is 12.1 Å². The Morgan fingerprint density at radius 2 is 1.88 bits per heavy atom. The Bertz CT molecular complexity index is 1090. The molecule has 2 aliphatic heterocycles. The second kappa shape index (κ2) is 11.3. The lowest BCUT2D eigenvalue weighted by Crippen LogP contribution is -2.36. The van der Waals surface area contributed by atoms with Gasteiger partial charge in [-0.05, 0) is 43.7 Å². The van der Waals surface area contributed by atoms with Crippen molar-refractivity contribution < 1.29 is 23.7 Å². The van der Waals surface area contributed by atoms with E-state index in [9.17, 15) is 4.79 Å². The molecule has 2 aliphatic rings. The van der Waals surface area contributed by atoms with Crippen molar-refractivity contribution in [1.82, 2.24) is 0 Å². The van der Waals surface area contributed by atoms with Gasteiger partial charge in [0.25, 0.3) is 0 Å². The van der Waals surface area contributed by atoms with E-state index in [-0.39, 0.29) is 5.91 Å². The van der Waals surface area contributed by atoms with E-state index in [4.69, 9.17) is 30.5 Å². The summed E-state index contributed by atoms with van der Waals surface area (Å²) < 4.78 is 23.0. The molecule has 0 bridgehead atoms. The maximum atomic E-state index is 12.8. The molecule has 8 heteroatoms. The van der Waals surface area contributed by atoms with Gasteiger partial charge in [0.05, 0.1) is 37.8 Å². The van der Waals surface area contributed by atoms with Crippen LogP contribution in [0.4, 0.5) is 11.4 Å². The number of benzene rings is 2. The number of amides is 1. The fourth-order valence-electron chi connectivity index (χ4n) is 3.86. The molecule has 34 heavy (non-hydrogen) atoms. The number of halogens is 1. The van der Waals surface area contributed by atoms with Crippen molar-refractivity contribution in [2.75, 3.05) is 56.3 Å². The lowest BCUT2D eigenvalue weighted by Gasteiger charge is -2.31. The maximum absolute atomic E-state index is 12.8. The molecule has 0 aromatic heterocycles. The van der Waals surface area contributed by atoms with Crippen LogP contribution in [0.25, 0.3) is 6.08 Å². The van der Waals surface area contributed by atoms with E-state index in [0.29, 0.717) is 55.2 Å². The number of carbonyl (C=O) groups is 1. The molecule has 1 fully saturated rings. The van der Waals surface area contributed by atoms with Crippen LogP contribution in [-0.4, -0.2) is 52.0 Å². The van der Waals surface area contributed by atoms with Crippen molar-refractivity contribution in [3.05, 3.63) is 58.6 Å². The maximum Gasteiger partial charge on any atom is 0.248 e. The van der Waals surface area contributed by atoms with Crippen LogP contribution in [0.2, 0.25) is 5.02 Å². The van der Waals surface area contributed by atoms with Crippen LogP contribution in [0.3, 0.4) is 0 Å². The highest BCUT2D eigenvalue weighted by molar-refractivity contribution is 6.30. The Hall–Kier alpha value is -3.16. The number of morpholine rings is 1. The summed E-state index contributed by atoms with van der Waals surface area (Å²) >= 11 is 6.08. The zero-order chi connectivity index (χ0) is 23.9. The quantitative estimate of drug-likeness (QED) is 0.535. The van der Waals surface area contributed by atoms with Gasteiger partial charge in [0.2, 0.25) is 5.91 Å². The van der Waals surface area contributed by atoms with Gasteiger partial charge in [0.15, 0.2) is 0 Å². The summed E-state index contributed by atoms with van der Waals surface area (Å²) in [4.78, 5) is 15.0. The van der Waals surface area contributed by atoms with E-state index in [2.05, 4.69) is 10.2 Å². The summed E-state index contributed by atoms with van der Waals surface area (Å²) in [6.07, 6.45) is 5.19. The fourth-order valence-corrected chi connectivity index (χ4v) is 4.04. The van der Waals surface area contributed by atoms with Crippen molar-refractivity contribution in [3.8, 4) is 17.2 Å². The number of nitrogens with one attached hydrogen (secondary N) is 1. The summed E-state index contributed by atoms with van der Waals surface area (Å²) in [5.74, 6) is 1.79. The van der Waals surface area contributed by atoms with Crippen molar-refractivity contribution in [3.63, 3.8) is 0 Å². The highest BCUT2D eigenvalue weighted by Gasteiger charge is 2.20. The SMILES string of the molecule is CCOc1cc(N2CCOCC2)c(OCC)cc1NC(=O)/C=C/C1=Cc2cc(Cl)ccc2OC1. The fraction of sp³-hybridized carbons (Fsp3) is 0.346. The van der Waals surface area contributed by atoms with E-state index < -0.39 is 0 Å². The van der Waals surface area contributed by atoms with E-state index >= 15 is 0 Å². The predicted octanol–water partition coefficient (Wildman–Crippen LogP) is 4.94. The number of ether oxygens (including phenoxy) is 4. The second-order valence-corrected chi connectivity index (χ2v) is 8.23. The third-order valence-electron chi connectivity index (χ3n) is 5.43. The summed E-state index contributed by atoms with van der Waals surface area (Å²) in [7, 11) is 0. The topological polar surface area (TPSA) is 69.3 Å². The molecule has 1 saturated heterocycles. The van der Waals surface area contributed by atoms with Gasteiger partial charge < -0.3 is 29.2 Å². The van der Waals surface area contributed by atoms with Gasteiger partial charge in [0.1, 0.15) is 23.9 Å². The molecule has 2 heterocycles. The minimum absolute atomic E-state index is 0.277. The smallest absolute Gasteiger partial charge is 0.248 e. The first-order chi connectivity index (χ1) is 16.6. The third-order valence-corrected chi connectivity index (χ3v) is 5.66. The van der Waals surface area contributed by atoms with Crippen LogP contribution in [0.15, 0.2) is 48.1 Å². The normalized spacial score (nSPS) is 15.4. The Kier molecular flexibility index (Phi) is 7.98. The van der Waals surface area contributed by atoms with Crippen molar-refractivity contribution in [1.29, 1.82) is 0 Å². The standard InChI is InChI=1S/C26H29ClN2O5/c1-3-32-24-16-22(29-9-11-31-12-10-29)25(33-4-2)15-21(24)28-26(30)8-5-18-13-19-14-20(27)6-7-23(19)34-17-18/h5-8,13-16H,3-4,9-12,17H2,1-2H3,(H,28,30)/b8-5+. The van der Waals surface area contributed by atoms with E-state index in [1.165, 1.54) is 6.08 Å². The number of anilines is 2. The van der Waals surface area contributed by atoms with Crippen LogP contribution < -0.4 is 24.4 Å². The van der Waals surface area contributed by atoms with Crippen molar-refractivity contribution >= 4 is 35.0 Å². The Morgan fingerprint density at radius 3 is 2.65 bits per heavy atom. The molecular weight excluding hydrogens is 456 g/mol. The molecule has 0 atom stereocenters. The molecule has 2 aromatic carbocycles. The summed E-state index contributed by atoms with van der Waals surface area (Å²) in [5.41, 5.74) is 3.25. The van der Waals surface area contributed by atoms with Crippen LogP contribution in [0.5, 0.6) is 17.2 Å². The number of fused-ring (bicyclic) bond motifs is 1. The Labute approximate surface area is 204 Å². The van der Waals surface area contributed by atoms with Gasteiger partial charge in [-0.15, -0.1) is 0 Å². The lowest BCUT2D eigenvalue weighted by atomic mass is 10.1. The average Bonchev–Trinajstić information content (AvgIpc) is 2.84. The van der Waals surface area contributed by atoms with Gasteiger partial charge >= 0.3 is 0 Å². The Balaban J connectivity index is 1.53. The predicted molar refractivity (Wildman–Crippen MR) is 135 cm³/mol. The molecular formula is C26H29ClN2O5. The van der Waals surface area contributed by atoms with Gasteiger partial charge in [-0.2, -0.15) is 0 Å². The molecule has 0 unspecified atom stereocenters. The molecule has 0 radical (unpaired) electrons. The largest absolute Gasteiger partial charge is 0.492 e. The average molecular weight is 485 g/mol. The number of carbonyl (C=O) groups excluding carboxylic acids is 1. The van der Waals surface area contributed by atoms with Crippen LogP contribution >= 0.6 is 11.6 Å². The van der Waals surface area contributed by atoms with Crippen LogP contribution in [0, 0.1) is 0 Å².